The van der Waals surface area contributed by atoms with Gasteiger partial charge in [0.05, 0.1) is 5.25 Å². The lowest BCUT2D eigenvalue weighted by atomic mass is 10.1. The van der Waals surface area contributed by atoms with Crippen molar-refractivity contribution in [2.24, 2.45) is 5.73 Å². The van der Waals surface area contributed by atoms with Gasteiger partial charge in [0.1, 0.15) is 0 Å². The highest BCUT2D eigenvalue weighted by Gasteiger charge is 2.18. The van der Waals surface area contributed by atoms with E-state index in [0.717, 1.165) is 5.56 Å². The van der Waals surface area contributed by atoms with Gasteiger partial charge in [-0.1, -0.05) is 30.3 Å². The topological polar surface area (TPSA) is 52.3 Å². The quantitative estimate of drug-likeness (QED) is 0.548. The minimum absolute atomic E-state index is 0.285. The Bertz CT molecular complexity index is 305. The van der Waals surface area contributed by atoms with Gasteiger partial charge >= 0.3 is 6.09 Å². The molecule has 3 nitrogen and oxygen atoms in total. The lowest BCUT2D eigenvalue weighted by Gasteiger charge is -2.17. The molecule has 2 atom stereocenters. The van der Waals surface area contributed by atoms with Gasteiger partial charge in [-0.05, 0) is 5.56 Å². The molecule has 1 amide bonds. The summed E-state index contributed by atoms with van der Waals surface area (Å²) in [6.45, 7) is 0. The molecule has 1 aromatic carbocycles. The van der Waals surface area contributed by atoms with Gasteiger partial charge in [0.15, 0.2) is 5.44 Å². The van der Waals surface area contributed by atoms with Crippen LogP contribution in [-0.2, 0) is 4.74 Å². The second kappa shape index (κ2) is 5.17. The van der Waals surface area contributed by atoms with Gasteiger partial charge in [-0.2, -0.15) is 12.6 Å². The molecule has 14 heavy (non-hydrogen) atoms. The molecule has 0 heterocycles. The lowest BCUT2D eigenvalue weighted by Crippen LogP contribution is -2.22. The fourth-order valence-electron chi connectivity index (χ4n) is 0.998. The zero-order chi connectivity index (χ0) is 10.6. The average Bonchev–Trinajstić information content (AvgIpc) is 2.17. The highest BCUT2D eigenvalue weighted by atomic mass is 32.1. The Morgan fingerprint density at radius 1 is 1.29 bits per heavy atom. The van der Waals surface area contributed by atoms with Crippen LogP contribution in [0.3, 0.4) is 0 Å². The number of hydrogen-bond donors (Lipinski definition) is 3. The third-order valence-electron chi connectivity index (χ3n) is 1.65. The van der Waals surface area contributed by atoms with Crippen LogP contribution in [0.2, 0.25) is 0 Å². The van der Waals surface area contributed by atoms with Gasteiger partial charge in [0, 0.05) is 0 Å². The molecule has 0 aromatic heterocycles. The normalized spacial score (nSPS) is 14.4. The van der Waals surface area contributed by atoms with E-state index in [1.165, 1.54) is 0 Å². The van der Waals surface area contributed by atoms with E-state index < -0.39 is 11.5 Å². The Balaban J connectivity index is 2.65. The Kier molecular flexibility index (Phi) is 4.16. The van der Waals surface area contributed by atoms with Gasteiger partial charge in [-0.25, -0.2) is 4.79 Å². The number of rotatable bonds is 3. The summed E-state index contributed by atoms with van der Waals surface area (Å²) < 4.78 is 4.69. The lowest BCUT2D eigenvalue weighted by molar-refractivity contribution is 0.145. The fraction of sp³-hybridized carbons (Fsp3) is 0.222. The molecule has 1 aromatic rings. The van der Waals surface area contributed by atoms with Crippen LogP contribution in [0, 0.1) is 0 Å². The van der Waals surface area contributed by atoms with E-state index in [0.29, 0.717) is 0 Å². The second-order valence-corrected chi connectivity index (χ2v) is 3.75. The first-order valence-corrected chi connectivity index (χ1v) is 5.01. The number of primary amides is 1. The molecule has 2 unspecified atom stereocenters. The zero-order valence-corrected chi connectivity index (χ0v) is 9.12. The van der Waals surface area contributed by atoms with Crippen molar-refractivity contribution in [1.29, 1.82) is 0 Å². The number of hydrogen-bond acceptors (Lipinski definition) is 4. The van der Waals surface area contributed by atoms with E-state index in [1.807, 2.05) is 30.3 Å². The third kappa shape index (κ3) is 3.16. The molecular formula is C9H11NO2S2. The summed E-state index contributed by atoms with van der Waals surface area (Å²) in [5.74, 6) is 0. The largest absolute Gasteiger partial charge is 0.434 e. The standard InChI is InChI=1S/C9H11NO2S2/c10-9(11)12-8(14)7(13)6-4-2-1-3-5-6/h1-5,7-8,13-14H,(H2,10,11). The Labute approximate surface area is 93.5 Å². The maximum absolute atomic E-state index is 10.5. The smallest absolute Gasteiger partial charge is 0.405 e. The van der Waals surface area contributed by atoms with Crippen molar-refractivity contribution in [3.05, 3.63) is 35.9 Å². The summed E-state index contributed by atoms with van der Waals surface area (Å²) in [5, 5.41) is -0.285. The number of carbonyl (C=O) groups is 1. The maximum atomic E-state index is 10.5. The maximum Gasteiger partial charge on any atom is 0.405 e. The molecule has 1 rings (SSSR count). The minimum Gasteiger partial charge on any atom is -0.434 e. The van der Waals surface area contributed by atoms with E-state index in [2.05, 4.69) is 25.3 Å². The van der Waals surface area contributed by atoms with E-state index >= 15 is 0 Å². The van der Waals surface area contributed by atoms with Crippen molar-refractivity contribution < 1.29 is 9.53 Å². The van der Waals surface area contributed by atoms with E-state index in [4.69, 9.17) is 10.5 Å². The van der Waals surface area contributed by atoms with Crippen molar-refractivity contribution in [2.75, 3.05) is 0 Å². The zero-order valence-electron chi connectivity index (χ0n) is 7.33. The van der Waals surface area contributed by atoms with Gasteiger partial charge < -0.3 is 10.5 Å². The predicted molar refractivity (Wildman–Crippen MR) is 61.6 cm³/mol. The second-order valence-electron chi connectivity index (χ2n) is 2.68. The molecule has 0 bridgehead atoms. The number of carbonyl (C=O) groups excluding carboxylic acids is 1. The summed E-state index contributed by atoms with van der Waals surface area (Å²) >= 11 is 8.36. The molecule has 0 saturated heterocycles. The van der Waals surface area contributed by atoms with Crippen LogP contribution in [0.1, 0.15) is 10.8 Å². The van der Waals surface area contributed by atoms with Crippen molar-refractivity contribution in [1.82, 2.24) is 0 Å². The molecule has 0 aliphatic rings. The van der Waals surface area contributed by atoms with E-state index in [9.17, 15) is 4.79 Å². The van der Waals surface area contributed by atoms with E-state index in [1.54, 1.807) is 0 Å². The molecule has 0 aliphatic heterocycles. The summed E-state index contributed by atoms with van der Waals surface area (Å²) in [6, 6.07) is 9.41. The molecule has 2 N–H and O–H groups in total. The van der Waals surface area contributed by atoms with Crippen molar-refractivity contribution in [2.45, 2.75) is 10.7 Å². The summed E-state index contributed by atoms with van der Waals surface area (Å²) in [4.78, 5) is 10.5. The van der Waals surface area contributed by atoms with Gasteiger partial charge in [0.2, 0.25) is 0 Å². The van der Waals surface area contributed by atoms with Crippen LogP contribution in [-0.4, -0.2) is 11.5 Å². The summed E-state index contributed by atoms with van der Waals surface area (Å²) in [6.07, 6.45) is -0.847. The summed E-state index contributed by atoms with van der Waals surface area (Å²) in [5.41, 5.74) is 5.15. The van der Waals surface area contributed by atoms with Gasteiger partial charge in [-0.3, -0.25) is 0 Å². The molecule has 0 fully saturated rings. The average molecular weight is 229 g/mol. The van der Waals surface area contributed by atoms with Crippen LogP contribution in [0.5, 0.6) is 0 Å². The fourth-order valence-corrected chi connectivity index (χ4v) is 1.51. The summed E-state index contributed by atoms with van der Waals surface area (Å²) in [7, 11) is 0. The van der Waals surface area contributed by atoms with Gasteiger partial charge in [0.25, 0.3) is 0 Å². The van der Waals surface area contributed by atoms with Crippen LogP contribution in [0.25, 0.3) is 0 Å². The molecule has 5 heteroatoms. The van der Waals surface area contributed by atoms with Crippen molar-refractivity contribution in [3.8, 4) is 0 Å². The number of nitrogens with two attached hydrogens (primary N) is 1. The van der Waals surface area contributed by atoms with Crippen LogP contribution < -0.4 is 5.73 Å². The Hall–Kier alpha value is -0.810. The Morgan fingerprint density at radius 2 is 1.86 bits per heavy atom. The predicted octanol–water partition coefficient (Wildman–Crippen LogP) is 2.01. The number of thiol groups is 2. The molecule has 76 valence electrons. The molecule has 0 radical (unpaired) electrons. The number of benzene rings is 1. The molecule has 0 spiro atoms. The minimum atomic E-state index is -0.847. The Morgan fingerprint density at radius 3 is 2.36 bits per heavy atom. The number of amides is 1. The van der Waals surface area contributed by atoms with Crippen LogP contribution in [0.4, 0.5) is 4.79 Å². The highest BCUT2D eigenvalue weighted by Crippen LogP contribution is 2.27. The van der Waals surface area contributed by atoms with Crippen LogP contribution >= 0.6 is 25.3 Å². The first-order chi connectivity index (χ1) is 6.61. The van der Waals surface area contributed by atoms with E-state index in [-0.39, 0.29) is 5.25 Å². The van der Waals surface area contributed by atoms with Crippen molar-refractivity contribution in [3.63, 3.8) is 0 Å². The highest BCUT2D eigenvalue weighted by molar-refractivity contribution is 7.84. The van der Waals surface area contributed by atoms with Crippen molar-refractivity contribution >= 4 is 31.4 Å². The van der Waals surface area contributed by atoms with Gasteiger partial charge in [-0.15, -0.1) is 12.6 Å². The first-order valence-electron chi connectivity index (χ1n) is 3.98. The van der Waals surface area contributed by atoms with Crippen LogP contribution in [0.15, 0.2) is 30.3 Å². The SMILES string of the molecule is NC(=O)OC(S)C(S)c1ccccc1. The first kappa shape index (κ1) is 11.3. The molecular weight excluding hydrogens is 218 g/mol. The molecule has 0 saturated carbocycles. The molecule has 0 aliphatic carbocycles. The number of ether oxygens (including phenoxy) is 1. The monoisotopic (exact) mass is 229 g/mol. The third-order valence-corrected chi connectivity index (χ3v) is 2.86.